The predicted molar refractivity (Wildman–Crippen MR) is 93.9 cm³/mol. The number of ether oxygens (including phenoxy) is 1. The van der Waals surface area contributed by atoms with Gasteiger partial charge in [-0.05, 0) is 31.9 Å². The van der Waals surface area contributed by atoms with Crippen molar-refractivity contribution < 1.29 is 27.5 Å². The standard InChI is InChI=1S/C19H20F3N3O3/c1-12-3-5-14(6-4-12)25-16(19(20,21)22)15(11-23-25)17(26)24-9-7-13(8-10-24)18(27)28-2/h3-6,11,13H,7-10H2,1-2H3. The maximum atomic E-state index is 13.8. The summed E-state index contributed by atoms with van der Waals surface area (Å²) in [7, 11) is 1.29. The van der Waals surface area contributed by atoms with Crippen LogP contribution in [0.4, 0.5) is 13.2 Å². The topological polar surface area (TPSA) is 64.4 Å². The van der Waals surface area contributed by atoms with Crippen LogP contribution < -0.4 is 0 Å². The molecule has 1 aliphatic heterocycles. The average Bonchev–Trinajstić information content (AvgIpc) is 3.13. The number of aryl methyl sites for hydroxylation is 1. The van der Waals surface area contributed by atoms with Crippen LogP contribution >= 0.6 is 0 Å². The van der Waals surface area contributed by atoms with Crippen LogP contribution in [-0.2, 0) is 15.7 Å². The van der Waals surface area contributed by atoms with Crippen LogP contribution in [0.3, 0.4) is 0 Å². The van der Waals surface area contributed by atoms with Crippen LogP contribution in [0.2, 0.25) is 0 Å². The van der Waals surface area contributed by atoms with Crippen molar-refractivity contribution in [1.82, 2.24) is 14.7 Å². The van der Waals surface area contributed by atoms with E-state index in [1.165, 1.54) is 24.1 Å². The van der Waals surface area contributed by atoms with E-state index in [1.807, 2.05) is 6.92 Å². The largest absolute Gasteiger partial charge is 0.469 e. The van der Waals surface area contributed by atoms with E-state index in [1.54, 1.807) is 12.1 Å². The number of benzene rings is 1. The maximum Gasteiger partial charge on any atom is 0.434 e. The van der Waals surface area contributed by atoms with Gasteiger partial charge < -0.3 is 9.64 Å². The Morgan fingerprint density at radius 3 is 2.29 bits per heavy atom. The van der Waals surface area contributed by atoms with Crippen molar-refractivity contribution in [3.63, 3.8) is 0 Å². The Hall–Kier alpha value is -2.84. The van der Waals surface area contributed by atoms with Crippen molar-refractivity contribution in [1.29, 1.82) is 0 Å². The van der Waals surface area contributed by atoms with Gasteiger partial charge in [0.2, 0.25) is 0 Å². The fourth-order valence-electron chi connectivity index (χ4n) is 3.31. The zero-order valence-electron chi connectivity index (χ0n) is 15.5. The van der Waals surface area contributed by atoms with E-state index >= 15 is 0 Å². The molecule has 6 nitrogen and oxygen atoms in total. The van der Waals surface area contributed by atoms with Crippen LogP contribution in [-0.4, -0.2) is 46.8 Å². The first-order valence-corrected chi connectivity index (χ1v) is 8.81. The predicted octanol–water partition coefficient (Wildman–Crippen LogP) is 3.22. The molecule has 2 aromatic rings. The van der Waals surface area contributed by atoms with Crippen molar-refractivity contribution in [2.24, 2.45) is 5.92 Å². The molecule has 1 fully saturated rings. The Kier molecular flexibility index (Phi) is 5.44. The van der Waals surface area contributed by atoms with Gasteiger partial charge in [-0.2, -0.15) is 18.3 Å². The molecule has 2 heterocycles. The Bertz CT molecular complexity index is 867. The van der Waals surface area contributed by atoms with Gasteiger partial charge in [0, 0.05) is 13.1 Å². The Morgan fingerprint density at radius 2 is 1.75 bits per heavy atom. The van der Waals surface area contributed by atoms with Crippen LogP contribution in [0.25, 0.3) is 5.69 Å². The molecule has 0 atom stereocenters. The second kappa shape index (κ2) is 7.65. The number of carbonyl (C=O) groups is 2. The third-order valence-corrected chi connectivity index (χ3v) is 4.86. The van der Waals surface area contributed by atoms with Gasteiger partial charge in [-0.1, -0.05) is 17.7 Å². The number of esters is 1. The second-order valence-electron chi connectivity index (χ2n) is 6.74. The van der Waals surface area contributed by atoms with Crippen LogP contribution in [0, 0.1) is 12.8 Å². The number of hydrogen-bond donors (Lipinski definition) is 0. The zero-order valence-corrected chi connectivity index (χ0v) is 15.5. The highest BCUT2D eigenvalue weighted by Gasteiger charge is 2.42. The van der Waals surface area contributed by atoms with E-state index < -0.39 is 23.3 Å². The molecule has 1 aliphatic rings. The minimum absolute atomic E-state index is 0.186. The van der Waals surface area contributed by atoms with Gasteiger partial charge in [-0.3, -0.25) is 9.59 Å². The number of halogens is 3. The number of rotatable bonds is 3. The number of amides is 1. The smallest absolute Gasteiger partial charge is 0.434 e. The number of nitrogens with zero attached hydrogens (tertiary/aromatic N) is 3. The van der Waals surface area contributed by atoms with Gasteiger partial charge in [-0.25, -0.2) is 4.68 Å². The highest BCUT2D eigenvalue weighted by atomic mass is 19.4. The van der Waals surface area contributed by atoms with E-state index in [0.717, 1.165) is 16.4 Å². The summed E-state index contributed by atoms with van der Waals surface area (Å²) in [4.78, 5) is 25.7. The summed E-state index contributed by atoms with van der Waals surface area (Å²) in [6.45, 7) is 2.20. The van der Waals surface area contributed by atoms with E-state index in [4.69, 9.17) is 4.74 Å². The lowest BCUT2D eigenvalue weighted by Crippen LogP contribution is -2.41. The number of methoxy groups -OCH3 is 1. The summed E-state index contributed by atoms with van der Waals surface area (Å²) in [5.74, 6) is -1.45. The number of likely N-dealkylation sites (tertiary alicyclic amines) is 1. The Balaban J connectivity index is 1.89. The Labute approximate surface area is 159 Å². The van der Waals surface area contributed by atoms with Gasteiger partial charge in [0.15, 0.2) is 5.69 Å². The first kappa shape index (κ1) is 19.9. The minimum atomic E-state index is -4.75. The van der Waals surface area contributed by atoms with Crippen molar-refractivity contribution in [2.45, 2.75) is 25.9 Å². The van der Waals surface area contributed by atoms with Gasteiger partial charge >= 0.3 is 12.1 Å². The van der Waals surface area contributed by atoms with Gasteiger partial charge in [0.1, 0.15) is 0 Å². The summed E-state index contributed by atoms with van der Waals surface area (Å²) < 4.78 is 46.7. The molecule has 0 N–H and O–H groups in total. The van der Waals surface area contributed by atoms with Crippen molar-refractivity contribution in [3.8, 4) is 5.69 Å². The number of piperidine rings is 1. The van der Waals surface area contributed by atoms with E-state index in [-0.39, 0.29) is 30.7 Å². The molecular formula is C19H20F3N3O3. The molecule has 9 heteroatoms. The molecule has 3 rings (SSSR count). The number of hydrogen-bond acceptors (Lipinski definition) is 4. The second-order valence-corrected chi connectivity index (χ2v) is 6.74. The molecule has 0 unspecified atom stereocenters. The summed E-state index contributed by atoms with van der Waals surface area (Å²) >= 11 is 0. The average molecular weight is 395 g/mol. The fourth-order valence-corrected chi connectivity index (χ4v) is 3.31. The third-order valence-electron chi connectivity index (χ3n) is 4.86. The third kappa shape index (κ3) is 3.88. The van der Waals surface area contributed by atoms with Crippen LogP contribution in [0.15, 0.2) is 30.5 Å². The van der Waals surface area contributed by atoms with E-state index in [0.29, 0.717) is 12.8 Å². The number of carbonyl (C=O) groups excluding carboxylic acids is 2. The lowest BCUT2D eigenvalue weighted by atomic mass is 9.96. The first-order chi connectivity index (χ1) is 13.2. The molecule has 0 spiro atoms. The van der Waals surface area contributed by atoms with Crippen molar-refractivity contribution in [2.75, 3.05) is 20.2 Å². The monoisotopic (exact) mass is 395 g/mol. The summed E-state index contributed by atoms with van der Waals surface area (Å²) in [6.07, 6.45) is -3.09. The first-order valence-electron chi connectivity index (χ1n) is 8.81. The maximum absolute atomic E-state index is 13.8. The fraction of sp³-hybridized carbons (Fsp3) is 0.421. The minimum Gasteiger partial charge on any atom is -0.469 e. The van der Waals surface area contributed by atoms with Gasteiger partial charge in [0.25, 0.3) is 5.91 Å². The highest BCUT2D eigenvalue weighted by Crippen LogP contribution is 2.34. The number of aromatic nitrogens is 2. The molecule has 0 saturated carbocycles. The molecule has 1 aromatic heterocycles. The lowest BCUT2D eigenvalue weighted by Gasteiger charge is -2.30. The molecule has 1 saturated heterocycles. The van der Waals surface area contributed by atoms with Gasteiger partial charge in [-0.15, -0.1) is 0 Å². The normalized spacial score (nSPS) is 15.5. The summed E-state index contributed by atoms with van der Waals surface area (Å²) in [5, 5.41) is 3.83. The quantitative estimate of drug-likeness (QED) is 0.749. The highest BCUT2D eigenvalue weighted by molar-refractivity contribution is 5.95. The van der Waals surface area contributed by atoms with Gasteiger partial charge in [0.05, 0.1) is 30.5 Å². The van der Waals surface area contributed by atoms with Crippen LogP contribution in [0.1, 0.15) is 34.5 Å². The van der Waals surface area contributed by atoms with E-state index in [9.17, 15) is 22.8 Å². The van der Waals surface area contributed by atoms with Crippen LogP contribution in [0.5, 0.6) is 0 Å². The molecular weight excluding hydrogens is 375 g/mol. The number of alkyl halides is 3. The molecule has 0 radical (unpaired) electrons. The molecule has 1 amide bonds. The summed E-state index contributed by atoms with van der Waals surface area (Å²) in [5.41, 5.74) is -0.475. The van der Waals surface area contributed by atoms with Crippen molar-refractivity contribution in [3.05, 3.63) is 47.3 Å². The zero-order chi connectivity index (χ0) is 20.5. The molecule has 1 aromatic carbocycles. The van der Waals surface area contributed by atoms with E-state index in [2.05, 4.69) is 5.10 Å². The molecule has 0 bridgehead atoms. The summed E-state index contributed by atoms with van der Waals surface area (Å²) in [6, 6.07) is 6.40. The Morgan fingerprint density at radius 1 is 1.14 bits per heavy atom. The lowest BCUT2D eigenvalue weighted by molar-refractivity contribution is -0.146. The van der Waals surface area contributed by atoms with Crippen molar-refractivity contribution >= 4 is 11.9 Å². The molecule has 28 heavy (non-hydrogen) atoms. The molecule has 150 valence electrons. The SMILES string of the molecule is COC(=O)C1CCN(C(=O)c2cnn(-c3ccc(C)cc3)c2C(F)(F)F)CC1. The molecule has 0 aliphatic carbocycles.